The van der Waals surface area contributed by atoms with Gasteiger partial charge in [-0.3, -0.25) is 4.79 Å². The molecule has 88 valence electrons. The van der Waals surface area contributed by atoms with Crippen molar-refractivity contribution >= 4 is 33.6 Å². The Morgan fingerprint density at radius 3 is 2.81 bits per heavy atom. The summed E-state index contributed by atoms with van der Waals surface area (Å²) in [4.78, 5) is 12.1. The molecule has 5 heteroatoms. The monoisotopic (exact) mass is 302 g/mol. The second kappa shape index (κ2) is 5.70. The summed E-state index contributed by atoms with van der Waals surface area (Å²) >= 11 is 5.07. The van der Waals surface area contributed by atoms with Gasteiger partial charge in [0, 0.05) is 15.1 Å². The molecule has 1 rings (SSSR count). The number of carbonyl (C=O) groups is 1. The van der Waals surface area contributed by atoms with Crippen LogP contribution in [0.25, 0.3) is 0 Å². The van der Waals surface area contributed by atoms with Gasteiger partial charge in [0.05, 0.1) is 5.54 Å². The first-order valence-electron chi connectivity index (χ1n) is 4.89. The van der Waals surface area contributed by atoms with Crippen molar-refractivity contribution in [2.45, 2.75) is 23.8 Å². The number of thioether (sulfide) groups is 1. The van der Waals surface area contributed by atoms with E-state index in [4.69, 9.17) is 11.5 Å². The van der Waals surface area contributed by atoms with Crippen LogP contribution < -0.4 is 11.5 Å². The Labute approximate surface area is 108 Å². The topological polar surface area (TPSA) is 69.1 Å². The highest BCUT2D eigenvalue weighted by molar-refractivity contribution is 9.10. The van der Waals surface area contributed by atoms with E-state index in [1.807, 2.05) is 24.3 Å². The van der Waals surface area contributed by atoms with Gasteiger partial charge in [0.2, 0.25) is 5.91 Å². The highest BCUT2D eigenvalue weighted by Gasteiger charge is 2.24. The molecule has 0 heterocycles. The van der Waals surface area contributed by atoms with E-state index in [-0.39, 0.29) is 0 Å². The van der Waals surface area contributed by atoms with Crippen LogP contribution in [0.4, 0.5) is 0 Å². The van der Waals surface area contributed by atoms with Gasteiger partial charge in [0.25, 0.3) is 0 Å². The highest BCUT2D eigenvalue weighted by Crippen LogP contribution is 2.23. The van der Waals surface area contributed by atoms with Crippen LogP contribution in [-0.2, 0) is 4.79 Å². The number of rotatable bonds is 5. The molecule has 1 aromatic carbocycles. The summed E-state index contributed by atoms with van der Waals surface area (Å²) < 4.78 is 1.04. The van der Waals surface area contributed by atoms with Crippen LogP contribution in [0.3, 0.4) is 0 Å². The molecule has 1 amide bonds. The van der Waals surface area contributed by atoms with E-state index in [2.05, 4.69) is 15.9 Å². The number of primary amides is 1. The standard InChI is InChI=1S/C11H15BrN2OS/c1-11(14,10(13)15)5-6-16-9-4-2-3-8(12)7-9/h2-4,7H,5-6,14H2,1H3,(H2,13,15). The molecular formula is C11H15BrN2OS. The molecule has 0 spiro atoms. The Bertz CT molecular complexity index is 382. The van der Waals surface area contributed by atoms with Crippen LogP contribution in [0, 0.1) is 0 Å². The minimum atomic E-state index is -0.918. The molecule has 1 unspecified atom stereocenters. The molecule has 0 saturated heterocycles. The van der Waals surface area contributed by atoms with Gasteiger partial charge < -0.3 is 11.5 Å². The van der Waals surface area contributed by atoms with Crippen LogP contribution in [0.15, 0.2) is 33.6 Å². The van der Waals surface area contributed by atoms with Crippen molar-refractivity contribution in [3.05, 3.63) is 28.7 Å². The van der Waals surface area contributed by atoms with Crippen LogP contribution in [0.5, 0.6) is 0 Å². The molecule has 1 aromatic rings. The Balaban J connectivity index is 2.45. The van der Waals surface area contributed by atoms with Gasteiger partial charge in [-0.2, -0.15) is 0 Å². The lowest BCUT2D eigenvalue weighted by Gasteiger charge is -2.19. The normalized spacial score (nSPS) is 14.4. The summed E-state index contributed by atoms with van der Waals surface area (Å²) in [5.74, 6) is 0.314. The van der Waals surface area contributed by atoms with Gasteiger partial charge in [-0.15, -0.1) is 11.8 Å². The first-order chi connectivity index (χ1) is 7.42. The zero-order valence-corrected chi connectivity index (χ0v) is 11.5. The SMILES string of the molecule is CC(N)(CCSc1cccc(Br)c1)C(N)=O. The van der Waals surface area contributed by atoms with E-state index in [9.17, 15) is 4.79 Å². The van der Waals surface area contributed by atoms with Crippen molar-refractivity contribution in [1.82, 2.24) is 0 Å². The lowest BCUT2D eigenvalue weighted by Crippen LogP contribution is -2.49. The number of halogens is 1. The lowest BCUT2D eigenvalue weighted by molar-refractivity contribution is -0.122. The zero-order chi connectivity index (χ0) is 12.2. The van der Waals surface area contributed by atoms with Gasteiger partial charge in [0.1, 0.15) is 0 Å². The van der Waals surface area contributed by atoms with Crippen molar-refractivity contribution < 1.29 is 4.79 Å². The number of benzene rings is 1. The number of nitrogens with two attached hydrogens (primary N) is 2. The fourth-order valence-corrected chi connectivity index (χ4v) is 2.76. The quantitative estimate of drug-likeness (QED) is 0.819. The second-order valence-corrected chi connectivity index (χ2v) is 5.92. The number of hydrogen-bond acceptors (Lipinski definition) is 3. The molecule has 0 fully saturated rings. The molecule has 3 nitrogen and oxygen atoms in total. The predicted molar refractivity (Wildman–Crippen MR) is 71.3 cm³/mol. The maximum Gasteiger partial charge on any atom is 0.237 e. The minimum absolute atomic E-state index is 0.456. The van der Waals surface area contributed by atoms with E-state index in [0.29, 0.717) is 6.42 Å². The predicted octanol–water partition coefficient (Wildman–Crippen LogP) is 2.13. The van der Waals surface area contributed by atoms with Crippen molar-refractivity contribution in [2.75, 3.05) is 5.75 Å². The van der Waals surface area contributed by atoms with Crippen molar-refractivity contribution in [2.24, 2.45) is 11.5 Å². The van der Waals surface area contributed by atoms with Crippen LogP contribution in [0.2, 0.25) is 0 Å². The van der Waals surface area contributed by atoms with Crippen LogP contribution in [-0.4, -0.2) is 17.2 Å². The zero-order valence-electron chi connectivity index (χ0n) is 9.07. The Morgan fingerprint density at radius 2 is 2.25 bits per heavy atom. The number of hydrogen-bond donors (Lipinski definition) is 2. The summed E-state index contributed by atoms with van der Waals surface area (Å²) in [7, 11) is 0. The lowest BCUT2D eigenvalue weighted by atomic mass is 10.0. The van der Waals surface area contributed by atoms with Crippen LogP contribution >= 0.6 is 27.7 Å². The number of carbonyl (C=O) groups excluding carboxylic acids is 1. The molecule has 0 aromatic heterocycles. The molecule has 16 heavy (non-hydrogen) atoms. The molecule has 0 aliphatic heterocycles. The summed E-state index contributed by atoms with van der Waals surface area (Å²) in [6, 6.07) is 8.00. The molecule has 0 aliphatic rings. The van der Waals surface area contributed by atoms with Gasteiger partial charge >= 0.3 is 0 Å². The maximum atomic E-state index is 11.0. The summed E-state index contributed by atoms with van der Waals surface area (Å²) in [6.07, 6.45) is 0.569. The first-order valence-corrected chi connectivity index (χ1v) is 6.67. The van der Waals surface area contributed by atoms with Gasteiger partial charge in [-0.05, 0) is 31.5 Å². The van der Waals surface area contributed by atoms with Crippen molar-refractivity contribution in [3.63, 3.8) is 0 Å². The maximum absolute atomic E-state index is 11.0. The number of amides is 1. The minimum Gasteiger partial charge on any atom is -0.368 e. The van der Waals surface area contributed by atoms with E-state index >= 15 is 0 Å². The summed E-state index contributed by atoms with van der Waals surface area (Å²) in [6.45, 7) is 1.66. The van der Waals surface area contributed by atoms with Crippen LogP contribution in [0.1, 0.15) is 13.3 Å². The Kier molecular flexibility index (Phi) is 4.83. The largest absolute Gasteiger partial charge is 0.368 e. The van der Waals surface area contributed by atoms with Gasteiger partial charge in [-0.1, -0.05) is 22.0 Å². The molecule has 0 bridgehead atoms. The highest BCUT2D eigenvalue weighted by atomic mass is 79.9. The van der Waals surface area contributed by atoms with E-state index in [1.165, 1.54) is 0 Å². The third-order valence-corrected chi connectivity index (χ3v) is 3.74. The molecule has 4 N–H and O–H groups in total. The average Bonchev–Trinajstić information content (AvgIpc) is 2.17. The smallest absolute Gasteiger partial charge is 0.237 e. The fraction of sp³-hybridized carbons (Fsp3) is 0.364. The molecule has 0 radical (unpaired) electrons. The van der Waals surface area contributed by atoms with E-state index in [0.717, 1.165) is 15.1 Å². The third-order valence-electron chi connectivity index (χ3n) is 2.25. The molecule has 0 saturated carbocycles. The van der Waals surface area contributed by atoms with E-state index in [1.54, 1.807) is 18.7 Å². The third kappa shape index (κ3) is 4.15. The van der Waals surface area contributed by atoms with Gasteiger partial charge in [0.15, 0.2) is 0 Å². The molecular weight excluding hydrogens is 288 g/mol. The van der Waals surface area contributed by atoms with E-state index < -0.39 is 11.4 Å². The van der Waals surface area contributed by atoms with Gasteiger partial charge in [-0.25, -0.2) is 0 Å². The summed E-state index contributed by atoms with van der Waals surface area (Å²) in [5, 5.41) is 0. The average molecular weight is 303 g/mol. The second-order valence-electron chi connectivity index (χ2n) is 3.84. The molecule has 1 atom stereocenters. The fourth-order valence-electron chi connectivity index (χ4n) is 1.06. The Hall–Kier alpha value is -0.520. The summed E-state index contributed by atoms with van der Waals surface area (Å²) in [5.41, 5.74) is 10.0. The first kappa shape index (κ1) is 13.5. The van der Waals surface area contributed by atoms with Crippen molar-refractivity contribution in [3.8, 4) is 0 Å². The van der Waals surface area contributed by atoms with Crippen molar-refractivity contribution in [1.29, 1.82) is 0 Å². The molecule has 0 aliphatic carbocycles. The Morgan fingerprint density at radius 1 is 1.56 bits per heavy atom.